The number of halogens is 2. The monoisotopic (exact) mass is 286 g/mol. The molecule has 1 rings (SSSR count). The van der Waals surface area contributed by atoms with Crippen LogP contribution < -0.4 is 5.32 Å². The van der Waals surface area contributed by atoms with Crippen LogP contribution in [0.1, 0.15) is 12.8 Å². The van der Waals surface area contributed by atoms with Gasteiger partial charge in [0.1, 0.15) is 4.60 Å². The molecule has 0 spiro atoms. The van der Waals surface area contributed by atoms with Crippen LogP contribution in [-0.2, 0) is 4.79 Å². The van der Waals surface area contributed by atoms with Crippen LogP contribution in [0.15, 0.2) is 16.9 Å². The number of carbonyl (C=O) groups excluding carboxylic acids is 1. The molecule has 0 aromatic carbocycles. The van der Waals surface area contributed by atoms with Crippen molar-refractivity contribution in [2.24, 2.45) is 0 Å². The quantitative estimate of drug-likeness (QED) is 0.686. The molecule has 1 amide bonds. The third-order valence-electron chi connectivity index (χ3n) is 1.58. The van der Waals surface area contributed by atoms with Crippen molar-refractivity contribution in [1.29, 1.82) is 0 Å². The largest absolute Gasteiger partial charge is 0.324 e. The maximum absolute atomic E-state index is 11.3. The second kappa shape index (κ2) is 5.74. The van der Waals surface area contributed by atoms with Crippen LogP contribution in [0.3, 0.4) is 0 Å². The van der Waals surface area contributed by atoms with Gasteiger partial charge in [-0.1, -0.05) is 11.6 Å². The Kier molecular flexibility index (Phi) is 4.60. The number of hydrogen-bond acceptors (Lipinski definition) is 2. The minimum Gasteiger partial charge on any atom is -0.324 e. The summed E-state index contributed by atoms with van der Waals surface area (Å²) in [4.78, 5) is 15.3. The Hall–Kier alpha value is -1.05. The standard InChI is InChI=1S/C10H8BrClN2O/c1-2-3-4-9(15)14-8-5-7(12)6-13-10(8)11/h1,5-6H,3-4H2,(H,14,15). The molecule has 1 aromatic heterocycles. The lowest BCUT2D eigenvalue weighted by Crippen LogP contribution is -2.11. The molecule has 5 heteroatoms. The van der Waals surface area contributed by atoms with Crippen molar-refractivity contribution in [2.75, 3.05) is 5.32 Å². The van der Waals surface area contributed by atoms with Crippen LogP contribution in [0.25, 0.3) is 0 Å². The van der Waals surface area contributed by atoms with E-state index in [-0.39, 0.29) is 12.3 Å². The summed E-state index contributed by atoms with van der Waals surface area (Å²) in [5.74, 6) is 2.24. The lowest BCUT2D eigenvalue weighted by atomic mass is 10.3. The third-order valence-corrected chi connectivity index (χ3v) is 2.41. The zero-order chi connectivity index (χ0) is 11.3. The third kappa shape index (κ3) is 3.90. The smallest absolute Gasteiger partial charge is 0.225 e. The molecule has 0 aliphatic carbocycles. The normalized spacial score (nSPS) is 9.40. The van der Waals surface area contributed by atoms with Gasteiger partial charge in [0, 0.05) is 19.0 Å². The summed E-state index contributed by atoms with van der Waals surface area (Å²) >= 11 is 8.94. The van der Waals surface area contributed by atoms with Gasteiger partial charge in [0.25, 0.3) is 0 Å². The molecule has 0 atom stereocenters. The van der Waals surface area contributed by atoms with E-state index >= 15 is 0 Å². The van der Waals surface area contributed by atoms with Crippen LogP contribution in [0, 0.1) is 12.3 Å². The van der Waals surface area contributed by atoms with Gasteiger partial charge in [0.05, 0.1) is 10.7 Å². The molecule has 1 heterocycles. The van der Waals surface area contributed by atoms with Gasteiger partial charge in [-0.2, -0.15) is 0 Å². The topological polar surface area (TPSA) is 42.0 Å². The van der Waals surface area contributed by atoms with Crippen molar-refractivity contribution >= 4 is 39.1 Å². The Balaban J connectivity index is 2.68. The van der Waals surface area contributed by atoms with E-state index in [1.54, 1.807) is 6.07 Å². The molecule has 0 saturated carbocycles. The van der Waals surface area contributed by atoms with E-state index in [1.807, 2.05) is 0 Å². The summed E-state index contributed by atoms with van der Waals surface area (Å²) in [6.45, 7) is 0. The number of pyridine rings is 1. The van der Waals surface area contributed by atoms with Crippen LogP contribution >= 0.6 is 27.5 Å². The van der Waals surface area contributed by atoms with Gasteiger partial charge in [-0.3, -0.25) is 4.79 Å². The fraction of sp³-hybridized carbons (Fsp3) is 0.200. The lowest BCUT2D eigenvalue weighted by molar-refractivity contribution is -0.116. The average molecular weight is 288 g/mol. The zero-order valence-corrected chi connectivity index (χ0v) is 10.1. The maximum Gasteiger partial charge on any atom is 0.225 e. The van der Waals surface area contributed by atoms with Crippen LogP contribution in [-0.4, -0.2) is 10.9 Å². The Bertz CT molecular complexity index is 414. The zero-order valence-electron chi connectivity index (χ0n) is 7.76. The second-order valence-corrected chi connectivity index (χ2v) is 3.93. The number of anilines is 1. The van der Waals surface area contributed by atoms with E-state index in [2.05, 4.69) is 32.2 Å². The highest BCUT2D eigenvalue weighted by molar-refractivity contribution is 9.10. The van der Waals surface area contributed by atoms with E-state index in [9.17, 15) is 4.79 Å². The number of nitrogens with zero attached hydrogens (tertiary/aromatic N) is 1. The Morgan fingerprint density at radius 2 is 2.47 bits per heavy atom. The van der Waals surface area contributed by atoms with Crippen LogP contribution in [0.2, 0.25) is 5.02 Å². The first-order chi connectivity index (χ1) is 7.13. The molecule has 3 nitrogen and oxygen atoms in total. The van der Waals surface area contributed by atoms with Gasteiger partial charge in [-0.25, -0.2) is 4.98 Å². The first-order valence-electron chi connectivity index (χ1n) is 4.18. The predicted molar refractivity (Wildman–Crippen MR) is 63.6 cm³/mol. The highest BCUT2D eigenvalue weighted by Gasteiger charge is 2.06. The lowest BCUT2D eigenvalue weighted by Gasteiger charge is -2.05. The number of terminal acetylenes is 1. The molecule has 1 N–H and O–H groups in total. The van der Waals surface area contributed by atoms with Crippen molar-refractivity contribution in [2.45, 2.75) is 12.8 Å². The van der Waals surface area contributed by atoms with E-state index < -0.39 is 0 Å². The number of hydrogen-bond donors (Lipinski definition) is 1. The van der Waals surface area contributed by atoms with E-state index in [1.165, 1.54) is 6.20 Å². The summed E-state index contributed by atoms with van der Waals surface area (Å²) in [5, 5.41) is 3.12. The molecule has 0 fully saturated rings. The molecule has 1 aromatic rings. The molecule has 0 bridgehead atoms. The summed E-state index contributed by atoms with van der Waals surface area (Å²) in [7, 11) is 0. The Morgan fingerprint density at radius 1 is 1.73 bits per heavy atom. The first kappa shape index (κ1) is 12.0. The van der Waals surface area contributed by atoms with E-state index in [4.69, 9.17) is 18.0 Å². The molecule has 15 heavy (non-hydrogen) atoms. The van der Waals surface area contributed by atoms with Crippen LogP contribution in [0.5, 0.6) is 0 Å². The number of nitrogens with one attached hydrogen (secondary N) is 1. The van der Waals surface area contributed by atoms with Gasteiger partial charge >= 0.3 is 0 Å². The number of carbonyl (C=O) groups is 1. The molecular formula is C10H8BrClN2O. The molecule has 0 aliphatic heterocycles. The highest BCUT2D eigenvalue weighted by atomic mass is 79.9. The van der Waals surface area contributed by atoms with Gasteiger partial charge in [-0.05, 0) is 22.0 Å². The molecule has 78 valence electrons. The Morgan fingerprint density at radius 3 is 3.13 bits per heavy atom. The SMILES string of the molecule is C#CCCC(=O)Nc1cc(Cl)cnc1Br. The summed E-state index contributed by atoms with van der Waals surface area (Å²) in [5.41, 5.74) is 0.546. The minimum absolute atomic E-state index is 0.155. The molecule has 0 unspecified atom stereocenters. The molecular weight excluding hydrogens is 279 g/mol. The number of rotatable bonds is 3. The van der Waals surface area contributed by atoms with Gasteiger partial charge in [-0.15, -0.1) is 12.3 Å². The second-order valence-electron chi connectivity index (χ2n) is 2.74. The average Bonchev–Trinajstić information content (AvgIpc) is 2.20. The van der Waals surface area contributed by atoms with Crippen molar-refractivity contribution in [1.82, 2.24) is 4.98 Å². The number of amides is 1. The fourth-order valence-electron chi connectivity index (χ4n) is 0.909. The van der Waals surface area contributed by atoms with Crippen molar-refractivity contribution < 1.29 is 4.79 Å². The Labute approximate surface area is 101 Å². The van der Waals surface area contributed by atoms with Crippen molar-refractivity contribution in [3.63, 3.8) is 0 Å². The fourth-order valence-corrected chi connectivity index (χ4v) is 1.38. The van der Waals surface area contributed by atoms with Crippen molar-refractivity contribution in [3.05, 3.63) is 21.9 Å². The summed E-state index contributed by atoms with van der Waals surface area (Å²) < 4.78 is 0.543. The summed E-state index contributed by atoms with van der Waals surface area (Å²) in [6, 6.07) is 1.62. The molecule has 0 saturated heterocycles. The summed E-state index contributed by atoms with van der Waals surface area (Å²) in [6.07, 6.45) is 7.24. The number of aromatic nitrogens is 1. The van der Waals surface area contributed by atoms with Crippen LogP contribution in [0.4, 0.5) is 5.69 Å². The molecule has 0 aliphatic rings. The van der Waals surface area contributed by atoms with Crippen molar-refractivity contribution in [3.8, 4) is 12.3 Å². The van der Waals surface area contributed by atoms with Gasteiger partial charge < -0.3 is 5.32 Å². The predicted octanol–water partition coefficient (Wildman–Crippen LogP) is 2.85. The molecule has 0 radical (unpaired) electrons. The van der Waals surface area contributed by atoms with Gasteiger partial charge in [0.2, 0.25) is 5.91 Å². The van der Waals surface area contributed by atoms with E-state index in [0.29, 0.717) is 21.7 Å². The maximum atomic E-state index is 11.3. The van der Waals surface area contributed by atoms with Gasteiger partial charge in [0.15, 0.2) is 0 Å². The first-order valence-corrected chi connectivity index (χ1v) is 5.35. The minimum atomic E-state index is -0.155. The highest BCUT2D eigenvalue weighted by Crippen LogP contribution is 2.23. The van der Waals surface area contributed by atoms with E-state index in [0.717, 1.165) is 0 Å².